The fourth-order valence-corrected chi connectivity index (χ4v) is 1.05. The molecule has 17 heavy (non-hydrogen) atoms. The molecule has 1 heterocycles. The maximum absolute atomic E-state index is 11.3. The molecule has 0 bridgehead atoms. The molecule has 0 spiro atoms. The van der Waals surface area contributed by atoms with Crippen molar-refractivity contribution < 1.29 is 14.7 Å². The van der Waals surface area contributed by atoms with E-state index in [2.05, 4.69) is 10.3 Å². The second-order valence-electron chi connectivity index (χ2n) is 3.11. The third-order valence-corrected chi connectivity index (χ3v) is 1.81. The summed E-state index contributed by atoms with van der Waals surface area (Å²) in [6.07, 6.45) is 7.73. The van der Waals surface area contributed by atoms with Gasteiger partial charge in [-0.15, -0.1) is 0 Å². The van der Waals surface area contributed by atoms with Crippen molar-refractivity contribution in [2.24, 2.45) is 0 Å². The summed E-state index contributed by atoms with van der Waals surface area (Å²) < 4.78 is 0. The minimum Gasteiger partial charge on any atom is -0.478 e. The number of allylic oxidation sites excluding steroid dienone is 3. The van der Waals surface area contributed by atoms with Crippen molar-refractivity contribution in [1.82, 2.24) is 4.98 Å². The molecule has 0 atom stereocenters. The number of nitrogens with one attached hydrogen (secondary N) is 1. The molecule has 0 fully saturated rings. The molecule has 5 nitrogen and oxygen atoms in total. The second-order valence-corrected chi connectivity index (χ2v) is 3.11. The molecule has 0 saturated heterocycles. The first kappa shape index (κ1) is 12.6. The van der Waals surface area contributed by atoms with Gasteiger partial charge in [0.15, 0.2) is 0 Å². The van der Waals surface area contributed by atoms with Gasteiger partial charge in [0.1, 0.15) is 5.82 Å². The average molecular weight is 232 g/mol. The van der Waals surface area contributed by atoms with Crippen LogP contribution in [0.1, 0.15) is 17.3 Å². The molecule has 0 unspecified atom stereocenters. The summed E-state index contributed by atoms with van der Waals surface area (Å²) in [5.74, 6) is -1.22. The van der Waals surface area contributed by atoms with Gasteiger partial charge in [-0.1, -0.05) is 18.2 Å². The molecule has 0 aliphatic heterocycles. The van der Waals surface area contributed by atoms with E-state index in [-0.39, 0.29) is 17.3 Å². The molecule has 0 radical (unpaired) electrons. The van der Waals surface area contributed by atoms with Gasteiger partial charge in [-0.3, -0.25) is 4.79 Å². The summed E-state index contributed by atoms with van der Waals surface area (Å²) in [6.45, 7) is 1.83. The highest BCUT2D eigenvalue weighted by molar-refractivity contribution is 5.99. The van der Waals surface area contributed by atoms with Crippen molar-refractivity contribution >= 4 is 17.7 Å². The highest BCUT2D eigenvalue weighted by Crippen LogP contribution is 2.06. The average Bonchev–Trinajstić information content (AvgIpc) is 2.29. The highest BCUT2D eigenvalue weighted by atomic mass is 16.4. The number of anilines is 1. The zero-order valence-electron chi connectivity index (χ0n) is 9.25. The quantitative estimate of drug-likeness (QED) is 0.613. The Bertz CT molecular complexity index is 478. The molecular weight excluding hydrogens is 220 g/mol. The summed E-state index contributed by atoms with van der Waals surface area (Å²) in [6, 6.07) is 2.65. The van der Waals surface area contributed by atoms with E-state index in [1.165, 1.54) is 24.4 Å². The largest absolute Gasteiger partial charge is 0.478 e. The molecule has 0 aliphatic carbocycles. The van der Waals surface area contributed by atoms with Crippen LogP contribution >= 0.6 is 0 Å². The Balaban J connectivity index is 2.71. The van der Waals surface area contributed by atoms with E-state index in [0.29, 0.717) is 0 Å². The zero-order chi connectivity index (χ0) is 12.7. The van der Waals surface area contributed by atoms with Crippen LogP contribution in [0.25, 0.3) is 0 Å². The molecule has 0 saturated carbocycles. The van der Waals surface area contributed by atoms with E-state index in [1.807, 2.05) is 6.92 Å². The van der Waals surface area contributed by atoms with Crippen LogP contribution in [0.4, 0.5) is 5.82 Å². The minimum absolute atomic E-state index is 0.0766. The summed E-state index contributed by atoms with van der Waals surface area (Å²) in [5, 5.41) is 11.2. The third-order valence-electron chi connectivity index (χ3n) is 1.81. The number of hydrogen-bond acceptors (Lipinski definition) is 3. The van der Waals surface area contributed by atoms with Crippen LogP contribution in [0, 0.1) is 0 Å². The molecular formula is C12H12N2O3. The summed E-state index contributed by atoms with van der Waals surface area (Å²) in [5.41, 5.74) is 0.0766. The standard InChI is InChI=1S/C12H12N2O3/c1-2-3-4-5-11(15)14-10-8-9(12(16)17)6-7-13-10/h2-8H,1H3,(H,16,17)(H,13,14,15). The lowest BCUT2D eigenvalue weighted by Gasteiger charge is -2.01. The van der Waals surface area contributed by atoms with Gasteiger partial charge in [0.05, 0.1) is 5.56 Å². The molecule has 1 amide bonds. The summed E-state index contributed by atoms with van der Waals surface area (Å²) in [7, 11) is 0. The van der Waals surface area contributed by atoms with Crippen molar-refractivity contribution in [3.05, 3.63) is 48.2 Å². The van der Waals surface area contributed by atoms with Crippen LogP contribution in [0.5, 0.6) is 0 Å². The zero-order valence-corrected chi connectivity index (χ0v) is 9.25. The summed E-state index contributed by atoms with van der Waals surface area (Å²) in [4.78, 5) is 25.9. The first-order chi connectivity index (χ1) is 8.13. The van der Waals surface area contributed by atoms with Crippen molar-refractivity contribution in [3.8, 4) is 0 Å². The van der Waals surface area contributed by atoms with Crippen LogP contribution in [0.2, 0.25) is 0 Å². The van der Waals surface area contributed by atoms with Crippen molar-refractivity contribution in [3.63, 3.8) is 0 Å². The first-order valence-corrected chi connectivity index (χ1v) is 4.93. The molecule has 2 N–H and O–H groups in total. The number of carboxylic acids is 1. The number of aromatic nitrogens is 1. The van der Waals surface area contributed by atoms with Gasteiger partial charge in [0, 0.05) is 12.3 Å². The monoisotopic (exact) mass is 232 g/mol. The van der Waals surface area contributed by atoms with E-state index in [0.717, 1.165) is 0 Å². The Morgan fingerprint density at radius 2 is 2.18 bits per heavy atom. The number of rotatable bonds is 4. The predicted molar refractivity (Wildman–Crippen MR) is 63.8 cm³/mol. The number of hydrogen-bond donors (Lipinski definition) is 2. The van der Waals surface area contributed by atoms with Gasteiger partial charge in [-0.2, -0.15) is 0 Å². The lowest BCUT2D eigenvalue weighted by atomic mass is 10.2. The number of carbonyl (C=O) groups is 2. The molecule has 88 valence electrons. The van der Waals surface area contributed by atoms with Gasteiger partial charge in [-0.25, -0.2) is 9.78 Å². The number of pyridine rings is 1. The normalized spacial score (nSPS) is 10.9. The minimum atomic E-state index is -1.06. The Morgan fingerprint density at radius 1 is 1.41 bits per heavy atom. The van der Waals surface area contributed by atoms with Crippen LogP contribution in [-0.2, 0) is 4.79 Å². The van der Waals surface area contributed by atoms with Crippen molar-refractivity contribution in [1.29, 1.82) is 0 Å². The van der Waals surface area contributed by atoms with Crippen LogP contribution < -0.4 is 5.32 Å². The molecule has 1 aromatic heterocycles. The molecule has 5 heteroatoms. The van der Waals surface area contributed by atoms with Crippen LogP contribution in [0.3, 0.4) is 0 Å². The summed E-state index contributed by atoms with van der Waals surface area (Å²) >= 11 is 0. The Labute approximate surface area is 98.5 Å². The fraction of sp³-hybridized carbons (Fsp3) is 0.0833. The predicted octanol–water partition coefficient (Wildman–Crippen LogP) is 1.85. The number of carbonyl (C=O) groups excluding carboxylic acids is 1. The van der Waals surface area contributed by atoms with Crippen LogP contribution in [0.15, 0.2) is 42.6 Å². The van der Waals surface area contributed by atoms with Gasteiger partial charge in [-0.05, 0) is 19.1 Å². The molecule has 1 rings (SSSR count). The van der Waals surface area contributed by atoms with Gasteiger partial charge in [0.25, 0.3) is 0 Å². The van der Waals surface area contributed by atoms with E-state index in [9.17, 15) is 9.59 Å². The number of aromatic carboxylic acids is 1. The van der Waals surface area contributed by atoms with Crippen molar-refractivity contribution in [2.45, 2.75) is 6.92 Å². The van der Waals surface area contributed by atoms with Crippen LogP contribution in [-0.4, -0.2) is 22.0 Å². The lowest BCUT2D eigenvalue weighted by Crippen LogP contribution is -2.10. The maximum atomic E-state index is 11.3. The molecule has 0 aromatic carbocycles. The Morgan fingerprint density at radius 3 is 2.82 bits per heavy atom. The topological polar surface area (TPSA) is 79.3 Å². The van der Waals surface area contributed by atoms with E-state index in [4.69, 9.17) is 5.11 Å². The smallest absolute Gasteiger partial charge is 0.335 e. The first-order valence-electron chi connectivity index (χ1n) is 4.93. The van der Waals surface area contributed by atoms with E-state index < -0.39 is 5.97 Å². The van der Waals surface area contributed by atoms with E-state index in [1.54, 1.807) is 18.2 Å². The highest BCUT2D eigenvalue weighted by Gasteiger charge is 2.05. The van der Waals surface area contributed by atoms with Gasteiger partial charge in [0.2, 0.25) is 5.91 Å². The lowest BCUT2D eigenvalue weighted by molar-refractivity contribution is -0.111. The molecule has 1 aromatic rings. The number of nitrogens with zero attached hydrogens (tertiary/aromatic N) is 1. The Kier molecular flexibility index (Phi) is 4.62. The van der Waals surface area contributed by atoms with Gasteiger partial charge < -0.3 is 10.4 Å². The number of carboxylic acid groups (broad SMARTS) is 1. The molecule has 0 aliphatic rings. The third kappa shape index (κ3) is 4.29. The van der Waals surface area contributed by atoms with Crippen molar-refractivity contribution in [2.75, 3.05) is 5.32 Å². The number of amides is 1. The second kappa shape index (κ2) is 6.22. The fourth-order valence-electron chi connectivity index (χ4n) is 1.05. The van der Waals surface area contributed by atoms with Gasteiger partial charge >= 0.3 is 5.97 Å². The SMILES string of the molecule is CC=CC=CC(=O)Nc1cc(C(=O)O)ccn1. The maximum Gasteiger partial charge on any atom is 0.335 e. The van der Waals surface area contributed by atoms with E-state index >= 15 is 0 Å². The Hall–Kier alpha value is -2.43.